The Morgan fingerprint density at radius 3 is 2.18 bits per heavy atom. The molecule has 2 rings (SSSR count). The number of methoxy groups -OCH3 is 1. The monoisotopic (exact) mass is 298 g/mol. The van der Waals surface area contributed by atoms with Crippen LogP contribution in [-0.2, 0) is 0 Å². The van der Waals surface area contributed by atoms with Crippen molar-refractivity contribution in [1.82, 2.24) is 5.32 Å². The molecule has 0 bridgehead atoms. The molecule has 2 N–H and O–H groups in total. The van der Waals surface area contributed by atoms with Gasteiger partial charge in [0.15, 0.2) is 0 Å². The van der Waals surface area contributed by atoms with E-state index in [9.17, 15) is 4.79 Å². The number of anilines is 1. The van der Waals surface area contributed by atoms with Gasteiger partial charge in [0.05, 0.1) is 13.2 Å². The predicted molar refractivity (Wildman–Crippen MR) is 89.2 cm³/mol. The lowest BCUT2D eigenvalue weighted by molar-refractivity contribution is 0.244. The SMILES string of the molecule is COc1ccc([C@@H](NC(=O)Nc2ccccc2)C(C)C)cc1. The first-order chi connectivity index (χ1) is 10.6. The van der Waals surface area contributed by atoms with Gasteiger partial charge in [-0.15, -0.1) is 0 Å². The zero-order valence-electron chi connectivity index (χ0n) is 13.2. The third kappa shape index (κ3) is 4.25. The quantitative estimate of drug-likeness (QED) is 0.868. The van der Waals surface area contributed by atoms with E-state index in [2.05, 4.69) is 24.5 Å². The fourth-order valence-corrected chi connectivity index (χ4v) is 2.28. The number of ether oxygens (including phenoxy) is 1. The molecule has 0 saturated heterocycles. The van der Waals surface area contributed by atoms with E-state index in [4.69, 9.17) is 4.74 Å². The van der Waals surface area contributed by atoms with Crippen LogP contribution in [0.2, 0.25) is 0 Å². The Morgan fingerprint density at radius 1 is 1.00 bits per heavy atom. The van der Waals surface area contributed by atoms with Crippen molar-refractivity contribution >= 4 is 11.7 Å². The van der Waals surface area contributed by atoms with Crippen molar-refractivity contribution in [3.8, 4) is 5.75 Å². The second-order valence-corrected chi connectivity index (χ2v) is 5.46. The summed E-state index contributed by atoms with van der Waals surface area (Å²) in [5, 5.41) is 5.87. The van der Waals surface area contributed by atoms with Gasteiger partial charge in [0.25, 0.3) is 0 Å². The Kier molecular flexibility index (Phi) is 5.42. The van der Waals surface area contributed by atoms with Crippen molar-refractivity contribution in [1.29, 1.82) is 0 Å². The maximum absolute atomic E-state index is 12.2. The van der Waals surface area contributed by atoms with Gasteiger partial charge in [0, 0.05) is 5.69 Å². The Labute approximate surface area is 131 Å². The zero-order chi connectivity index (χ0) is 15.9. The van der Waals surface area contributed by atoms with E-state index < -0.39 is 0 Å². The molecule has 0 fully saturated rings. The highest BCUT2D eigenvalue weighted by atomic mass is 16.5. The molecule has 1 atom stereocenters. The highest BCUT2D eigenvalue weighted by molar-refractivity contribution is 5.89. The molecule has 0 aliphatic carbocycles. The third-order valence-electron chi connectivity index (χ3n) is 3.46. The van der Waals surface area contributed by atoms with Gasteiger partial charge < -0.3 is 15.4 Å². The van der Waals surface area contributed by atoms with Crippen LogP contribution < -0.4 is 15.4 Å². The summed E-state index contributed by atoms with van der Waals surface area (Å²) in [6.45, 7) is 4.16. The van der Waals surface area contributed by atoms with Gasteiger partial charge in [-0.05, 0) is 35.7 Å². The molecule has 0 unspecified atom stereocenters. The minimum atomic E-state index is -0.208. The van der Waals surface area contributed by atoms with Gasteiger partial charge in [-0.2, -0.15) is 0 Å². The molecule has 4 nitrogen and oxygen atoms in total. The molecule has 0 spiro atoms. The molecular weight excluding hydrogens is 276 g/mol. The minimum Gasteiger partial charge on any atom is -0.497 e. The van der Waals surface area contributed by atoms with E-state index in [-0.39, 0.29) is 18.0 Å². The first-order valence-corrected chi connectivity index (χ1v) is 7.36. The van der Waals surface area contributed by atoms with Crippen LogP contribution in [0, 0.1) is 5.92 Å². The number of amides is 2. The van der Waals surface area contributed by atoms with E-state index >= 15 is 0 Å². The fraction of sp³-hybridized carbons (Fsp3) is 0.278. The van der Waals surface area contributed by atoms with E-state index in [1.807, 2.05) is 54.6 Å². The van der Waals surface area contributed by atoms with Crippen LogP contribution in [0.1, 0.15) is 25.5 Å². The van der Waals surface area contributed by atoms with Crippen LogP contribution in [0.3, 0.4) is 0 Å². The summed E-state index contributed by atoms with van der Waals surface area (Å²) in [7, 11) is 1.64. The maximum atomic E-state index is 12.2. The van der Waals surface area contributed by atoms with Crippen LogP contribution in [0.15, 0.2) is 54.6 Å². The molecule has 2 aromatic rings. The van der Waals surface area contributed by atoms with Gasteiger partial charge in [-0.3, -0.25) is 0 Å². The lowest BCUT2D eigenvalue weighted by atomic mass is 9.96. The zero-order valence-corrected chi connectivity index (χ0v) is 13.2. The number of para-hydroxylation sites is 1. The third-order valence-corrected chi connectivity index (χ3v) is 3.46. The molecule has 2 amide bonds. The van der Waals surface area contributed by atoms with Crippen LogP contribution >= 0.6 is 0 Å². The molecule has 0 saturated carbocycles. The second-order valence-electron chi connectivity index (χ2n) is 5.46. The summed E-state index contributed by atoms with van der Waals surface area (Å²) < 4.78 is 5.17. The Hall–Kier alpha value is -2.49. The molecule has 0 aromatic heterocycles. The number of hydrogen-bond donors (Lipinski definition) is 2. The van der Waals surface area contributed by atoms with Crippen molar-refractivity contribution in [2.45, 2.75) is 19.9 Å². The van der Waals surface area contributed by atoms with Crippen LogP contribution in [0.25, 0.3) is 0 Å². The molecule has 0 aliphatic heterocycles. The maximum Gasteiger partial charge on any atom is 0.319 e. The molecule has 4 heteroatoms. The highest BCUT2D eigenvalue weighted by Gasteiger charge is 2.18. The van der Waals surface area contributed by atoms with Crippen molar-refractivity contribution in [3.63, 3.8) is 0 Å². The standard InChI is InChI=1S/C18H22N2O2/c1-13(2)17(14-9-11-16(22-3)12-10-14)20-18(21)19-15-7-5-4-6-8-15/h4-13,17H,1-3H3,(H2,19,20,21)/t17-/m0/s1. The first-order valence-electron chi connectivity index (χ1n) is 7.36. The van der Waals surface area contributed by atoms with Crippen molar-refractivity contribution in [2.24, 2.45) is 5.92 Å². The number of benzene rings is 2. The molecular formula is C18H22N2O2. The van der Waals surface area contributed by atoms with Crippen molar-refractivity contribution in [2.75, 3.05) is 12.4 Å². The fourth-order valence-electron chi connectivity index (χ4n) is 2.28. The molecule has 0 aliphatic rings. The summed E-state index contributed by atoms with van der Waals surface area (Å²) >= 11 is 0. The number of carbonyl (C=O) groups excluding carboxylic acids is 1. The van der Waals surface area contributed by atoms with Crippen molar-refractivity contribution in [3.05, 3.63) is 60.2 Å². The second kappa shape index (κ2) is 7.50. The normalized spacial score (nSPS) is 11.8. The molecule has 0 radical (unpaired) electrons. The van der Waals surface area contributed by atoms with E-state index in [1.54, 1.807) is 7.11 Å². The van der Waals surface area contributed by atoms with E-state index in [0.29, 0.717) is 0 Å². The average Bonchev–Trinajstić information content (AvgIpc) is 2.53. The molecule has 0 heterocycles. The summed E-state index contributed by atoms with van der Waals surface area (Å²) in [4.78, 5) is 12.2. The number of urea groups is 1. The largest absolute Gasteiger partial charge is 0.497 e. The first kappa shape index (κ1) is 15.9. The summed E-state index contributed by atoms with van der Waals surface area (Å²) in [5.41, 5.74) is 1.83. The number of nitrogens with one attached hydrogen (secondary N) is 2. The van der Waals surface area contributed by atoms with Gasteiger partial charge in [0.2, 0.25) is 0 Å². The highest BCUT2D eigenvalue weighted by Crippen LogP contribution is 2.24. The van der Waals surface area contributed by atoms with Gasteiger partial charge in [-0.1, -0.05) is 44.2 Å². The van der Waals surface area contributed by atoms with Crippen LogP contribution in [0.4, 0.5) is 10.5 Å². The molecule has 22 heavy (non-hydrogen) atoms. The minimum absolute atomic E-state index is 0.0605. The number of rotatable bonds is 5. The Bertz CT molecular complexity index is 594. The van der Waals surface area contributed by atoms with Gasteiger partial charge >= 0.3 is 6.03 Å². The summed E-state index contributed by atoms with van der Waals surface area (Å²) in [5.74, 6) is 1.08. The van der Waals surface area contributed by atoms with Gasteiger partial charge in [-0.25, -0.2) is 4.79 Å². The Balaban J connectivity index is 2.06. The van der Waals surface area contributed by atoms with Crippen molar-refractivity contribution < 1.29 is 9.53 Å². The molecule has 2 aromatic carbocycles. The predicted octanol–water partition coefficient (Wildman–Crippen LogP) is 4.21. The molecule has 116 valence electrons. The lowest BCUT2D eigenvalue weighted by Crippen LogP contribution is -2.35. The Morgan fingerprint density at radius 2 is 1.64 bits per heavy atom. The summed E-state index contributed by atoms with van der Waals surface area (Å²) in [6.07, 6.45) is 0. The summed E-state index contributed by atoms with van der Waals surface area (Å²) in [6, 6.07) is 16.9. The van der Waals surface area contributed by atoms with Crippen LogP contribution in [0.5, 0.6) is 5.75 Å². The lowest BCUT2D eigenvalue weighted by Gasteiger charge is -2.23. The topological polar surface area (TPSA) is 50.4 Å². The van der Waals surface area contributed by atoms with Gasteiger partial charge in [0.1, 0.15) is 5.75 Å². The smallest absolute Gasteiger partial charge is 0.319 e. The van der Waals surface area contributed by atoms with E-state index in [1.165, 1.54) is 0 Å². The van der Waals surface area contributed by atoms with E-state index in [0.717, 1.165) is 17.0 Å². The average molecular weight is 298 g/mol. The number of carbonyl (C=O) groups is 1. The number of hydrogen-bond acceptors (Lipinski definition) is 2. The van der Waals surface area contributed by atoms with Crippen LogP contribution in [-0.4, -0.2) is 13.1 Å².